The van der Waals surface area contributed by atoms with Crippen molar-refractivity contribution in [2.75, 3.05) is 25.2 Å². The monoisotopic (exact) mass is 578 g/mol. The number of esters is 1. The maximum Gasteiger partial charge on any atom is 0.343 e. The van der Waals surface area contributed by atoms with Gasteiger partial charge in [-0.15, -0.1) is 0 Å². The zero-order valence-electron chi connectivity index (χ0n) is 19.1. The predicted octanol–water partition coefficient (Wildman–Crippen LogP) is 3.52. The third-order valence-corrected chi connectivity index (χ3v) is 5.86. The number of nitrogens with one attached hydrogen (secondary N) is 1. The Balaban J connectivity index is 2.00. The van der Waals surface area contributed by atoms with Crippen molar-refractivity contribution in [3.63, 3.8) is 0 Å². The van der Waals surface area contributed by atoms with Gasteiger partial charge in [0.1, 0.15) is 5.57 Å². The van der Waals surface area contributed by atoms with Gasteiger partial charge in [-0.2, -0.15) is 0 Å². The first-order valence-corrected chi connectivity index (χ1v) is 11.4. The molecule has 9 nitrogen and oxygen atoms in total. The number of imide groups is 2. The van der Waals surface area contributed by atoms with Gasteiger partial charge in [-0.25, -0.2) is 14.5 Å². The van der Waals surface area contributed by atoms with Crippen molar-refractivity contribution in [2.24, 2.45) is 0 Å². The van der Waals surface area contributed by atoms with Gasteiger partial charge in [-0.1, -0.05) is 6.07 Å². The smallest absolute Gasteiger partial charge is 0.343 e. The summed E-state index contributed by atoms with van der Waals surface area (Å²) in [4.78, 5) is 50.6. The summed E-state index contributed by atoms with van der Waals surface area (Å²) in [6.07, 6.45) is 1.38. The topological polar surface area (TPSA) is 111 Å². The second-order valence-electron chi connectivity index (χ2n) is 7.35. The summed E-state index contributed by atoms with van der Waals surface area (Å²) in [5.74, 6) is -1.42. The molecule has 0 bridgehead atoms. The minimum absolute atomic E-state index is 0.209. The molecule has 2 aromatic rings. The first-order chi connectivity index (χ1) is 16.2. The largest absolute Gasteiger partial charge is 0.490 e. The van der Waals surface area contributed by atoms with Crippen molar-refractivity contribution in [3.05, 3.63) is 56.2 Å². The number of nitrogens with zero attached hydrogens (tertiary/aromatic N) is 1. The minimum atomic E-state index is -0.813. The van der Waals surface area contributed by atoms with Crippen molar-refractivity contribution >= 4 is 58.2 Å². The van der Waals surface area contributed by atoms with Crippen LogP contribution in [0.15, 0.2) is 35.9 Å². The number of carbonyl (C=O) groups excluding carboxylic acids is 4. The van der Waals surface area contributed by atoms with Crippen molar-refractivity contribution in [3.8, 4) is 11.5 Å². The van der Waals surface area contributed by atoms with Crippen LogP contribution < -0.4 is 19.7 Å². The van der Waals surface area contributed by atoms with E-state index in [0.29, 0.717) is 32.9 Å². The van der Waals surface area contributed by atoms with Crippen LogP contribution in [-0.4, -0.2) is 44.1 Å². The standard InChI is InChI=1S/C24H23IN2O7/c1-5-33-19-11-15(10-18(25)21(19)34-12-20(28)32-4)9-17-22(29)26-24(31)27(23(17)30)16-7-6-13(2)14(3)8-16/h6-11H,5,12H2,1-4H3,(H,26,29,31)/b17-9+. The molecule has 34 heavy (non-hydrogen) atoms. The van der Waals surface area contributed by atoms with Crippen LogP contribution in [0.3, 0.4) is 0 Å². The van der Waals surface area contributed by atoms with Gasteiger partial charge < -0.3 is 14.2 Å². The normalized spacial score (nSPS) is 14.8. The van der Waals surface area contributed by atoms with Crippen molar-refractivity contribution < 1.29 is 33.4 Å². The molecule has 1 aliphatic rings. The molecule has 1 aliphatic heterocycles. The SMILES string of the molecule is CCOc1cc(/C=C2\C(=O)NC(=O)N(c3ccc(C)c(C)c3)C2=O)cc(I)c1OCC(=O)OC. The van der Waals surface area contributed by atoms with E-state index in [1.54, 1.807) is 37.3 Å². The fourth-order valence-corrected chi connectivity index (χ4v) is 3.97. The number of benzene rings is 2. The van der Waals surface area contributed by atoms with Crippen LogP contribution in [0.1, 0.15) is 23.6 Å². The zero-order chi connectivity index (χ0) is 25.0. The van der Waals surface area contributed by atoms with E-state index in [0.717, 1.165) is 16.0 Å². The first kappa shape index (κ1) is 25.2. The van der Waals surface area contributed by atoms with E-state index in [4.69, 9.17) is 9.47 Å². The van der Waals surface area contributed by atoms with E-state index in [9.17, 15) is 19.2 Å². The zero-order valence-corrected chi connectivity index (χ0v) is 21.2. The Kier molecular flexibility index (Phi) is 7.92. The number of methoxy groups -OCH3 is 1. The van der Waals surface area contributed by atoms with Crippen LogP contribution in [0.2, 0.25) is 0 Å². The molecule has 0 spiro atoms. The molecule has 10 heteroatoms. The molecule has 0 unspecified atom stereocenters. The van der Waals surface area contributed by atoms with Crippen LogP contribution in [0.25, 0.3) is 6.08 Å². The van der Waals surface area contributed by atoms with Gasteiger partial charge in [-0.3, -0.25) is 14.9 Å². The number of urea groups is 1. The second-order valence-corrected chi connectivity index (χ2v) is 8.52. The van der Waals surface area contributed by atoms with Gasteiger partial charge in [0.05, 0.1) is 23.0 Å². The lowest BCUT2D eigenvalue weighted by atomic mass is 10.0. The van der Waals surface area contributed by atoms with Gasteiger partial charge in [0, 0.05) is 0 Å². The molecular weight excluding hydrogens is 555 g/mol. The lowest BCUT2D eigenvalue weighted by Gasteiger charge is -2.27. The fourth-order valence-electron chi connectivity index (χ4n) is 3.19. The number of carbonyl (C=O) groups is 4. The Bertz CT molecular complexity index is 1210. The second kappa shape index (κ2) is 10.7. The van der Waals surface area contributed by atoms with Gasteiger partial charge in [-0.05, 0) is 90.4 Å². The molecular formula is C24H23IN2O7. The molecule has 0 aromatic heterocycles. The van der Waals surface area contributed by atoms with Crippen LogP contribution in [0.5, 0.6) is 11.5 Å². The Morgan fingerprint density at radius 3 is 2.47 bits per heavy atom. The van der Waals surface area contributed by atoms with E-state index in [1.165, 1.54) is 13.2 Å². The fraction of sp³-hybridized carbons (Fsp3) is 0.250. The van der Waals surface area contributed by atoms with Crippen molar-refractivity contribution in [2.45, 2.75) is 20.8 Å². The number of amides is 4. The molecule has 2 aromatic carbocycles. The number of halogens is 1. The van der Waals surface area contributed by atoms with Gasteiger partial charge in [0.2, 0.25) is 0 Å². The van der Waals surface area contributed by atoms with E-state index in [2.05, 4.69) is 10.1 Å². The molecule has 0 saturated carbocycles. The molecule has 4 amide bonds. The Morgan fingerprint density at radius 2 is 1.82 bits per heavy atom. The van der Waals surface area contributed by atoms with Crippen LogP contribution in [0, 0.1) is 17.4 Å². The number of hydrogen-bond donors (Lipinski definition) is 1. The molecule has 1 fully saturated rings. The maximum atomic E-state index is 13.2. The van der Waals surface area contributed by atoms with Crippen LogP contribution in [0.4, 0.5) is 10.5 Å². The highest BCUT2D eigenvalue weighted by molar-refractivity contribution is 14.1. The number of hydrogen-bond acceptors (Lipinski definition) is 7. The number of barbiturate groups is 1. The molecule has 0 radical (unpaired) electrons. The predicted molar refractivity (Wildman–Crippen MR) is 133 cm³/mol. The number of aryl methyl sites for hydroxylation is 2. The molecule has 1 heterocycles. The number of anilines is 1. The Labute approximate surface area is 210 Å². The summed E-state index contributed by atoms with van der Waals surface area (Å²) in [6, 6.07) is 7.60. The van der Waals surface area contributed by atoms with E-state index in [1.807, 2.05) is 36.4 Å². The third kappa shape index (κ3) is 5.38. The molecule has 0 aliphatic carbocycles. The van der Waals surface area contributed by atoms with Crippen LogP contribution >= 0.6 is 22.6 Å². The summed E-state index contributed by atoms with van der Waals surface area (Å²) in [5.41, 5.74) is 2.54. The van der Waals surface area contributed by atoms with Crippen molar-refractivity contribution in [1.29, 1.82) is 0 Å². The summed E-state index contributed by atoms with van der Waals surface area (Å²) in [5, 5.41) is 2.22. The lowest BCUT2D eigenvalue weighted by Crippen LogP contribution is -2.54. The average Bonchev–Trinajstić information content (AvgIpc) is 2.78. The maximum absolute atomic E-state index is 13.2. The lowest BCUT2D eigenvalue weighted by molar-refractivity contribution is -0.143. The minimum Gasteiger partial charge on any atom is -0.490 e. The highest BCUT2D eigenvalue weighted by Crippen LogP contribution is 2.35. The summed E-state index contributed by atoms with van der Waals surface area (Å²) in [7, 11) is 1.26. The number of ether oxygens (including phenoxy) is 3. The highest BCUT2D eigenvalue weighted by atomic mass is 127. The summed E-state index contributed by atoms with van der Waals surface area (Å²) < 4.78 is 16.4. The van der Waals surface area contributed by atoms with Crippen molar-refractivity contribution in [1.82, 2.24) is 5.32 Å². The highest BCUT2D eigenvalue weighted by Gasteiger charge is 2.37. The first-order valence-electron chi connectivity index (χ1n) is 10.3. The van der Waals surface area contributed by atoms with E-state index >= 15 is 0 Å². The van der Waals surface area contributed by atoms with Gasteiger partial charge >= 0.3 is 12.0 Å². The van der Waals surface area contributed by atoms with Crippen LogP contribution in [-0.2, 0) is 19.1 Å². The molecule has 3 rings (SSSR count). The number of rotatable bonds is 7. The van der Waals surface area contributed by atoms with E-state index in [-0.39, 0.29) is 12.2 Å². The Hall–Kier alpha value is -3.41. The summed E-state index contributed by atoms with van der Waals surface area (Å²) >= 11 is 2.00. The molecule has 1 N–H and O–H groups in total. The average molecular weight is 578 g/mol. The molecule has 178 valence electrons. The Morgan fingerprint density at radius 1 is 1.09 bits per heavy atom. The molecule has 1 saturated heterocycles. The van der Waals surface area contributed by atoms with Gasteiger partial charge in [0.15, 0.2) is 18.1 Å². The summed E-state index contributed by atoms with van der Waals surface area (Å²) in [6.45, 7) is 5.59. The van der Waals surface area contributed by atoms with Gasteiger partial charge in [0.25, 0.3) is 11.8 Å². The third-order valence-electron chi connectivity index (χ3n) is 5.06. The van der Waals surface area contributed by atoms with E-state index < -0.39 is 23.8 Å². The quantitative estimate of drug-likeness (QED) is 0.232. The molecule has 0 atom stereocenters.